The summed E-state index contributed by atoms with van der Waals surface area (Å²) in [4.78, 5) is 23.1. The van der Waals surface area contributed by atoms with Gasteiger partial charge in [0.05, 0.1) is 12.3 Å². The predicted molar refractivity (Wildman–Crippen MR) is 64.7 cm³/mol. The standard InChI is InChI=1S/C12H12N4O3/c1-2-19-12(18)7-11(17)9-4-3-5-10(6-9)16-8-13-14-15-16/h3-6,8H,2,7H2,1H3. The maximum atomic E-state index is 11.9. The van der Waals surface area contributed by atoms with E-state index in [0.29, 0.717) is 11.3 Å². The van der Waals surface area contributed by atoms with Crippen LogP contribution in [0.25, 0.3) is 5.69 Å². The van der Waals surface area contributed by atoms with E-state index in [-0.39, 0.29) is 18.8 Å². The summed E-state index contributed by atoms with van der Waals surface area (Å²) < 4.78 is 6.17. The molecule has 0 N–H and O–H groups in total. The van der Waals surface area contributed by atoms with Crippen LogP contribution in [-0.4, -0.2) is 38.6 Å². The molecule has 1 aromatic heterocycles. The molecule has 0 aliphatic heterocycles. The van der Waals surface area contributed by atoms with Gasteiger partial charge in [-0.3, -0.25) is 9.59 Å². The average molecular weight is 260 g/mol. The van der Waals surface area contributed by atoms with E-state index in [4.69, 9.17) is 4.74 Å². The summed E-state index contributed by atoms with van der Waals surface area (Å²) in [5.41, 5.74) is 1.07. The minimum Gasteiger partial charge on any atom is -0.466 e. The van der Waals surface area contributed by atoms with E-state index < -0.39 is 5.97 Å². The number of esters is 1. The number of ketones is 1. The number of rotatable bonds is 5. The number of carbonyl (C=O) groups is 2. The molecule has 2 rings (SSSR count). The van der Waals surface area contributed by atoms with Crippen LogP contribution in [0.1, 0.15) is 23.7 Å². The first-order valence-corrected chi connectivity index (χ1v) is 5.73. The van der Waals surface area contributed by atoms with Gasteiger partial charge in [-0.05, 0) is 29.5 Å². The van der Waals surface area contributed by atoms with E-state index in [1.807, 2.05) is 0 Å². The fourth-order valence-corrected chi connectivity index (χ4v) is 1.55. The van der Waals surface area contributed by atoms with Crippen LogP contribution >= 0.6 is 0 Å². The van der Waals surface area contributed by atoms with Crippen molar-refractivity contribution in [2.24, 2.45) is 0 Å². The van der Waals surface area contributed by atoms with Gasteiger partial charge in [-0.15, -0.1) is 5.10 Å². The zero-order chi connectivity index (χ0) is 13.7. The van der Waals surface area contributed by atoms with Crippen molar-refractivity contribution in [1.82, 2.24) is 20.2 Å². The Morgan fingerprint density at radius 2 is 2.21 bits per heavy atom. The Morgan fingerprint density at radius 1 is 1.37 bits per heavy atom. The number of nitrogens with zero attached hydrogens (tertiary/aromatic N) is 4. The quantitative estimate of drug-likeness (QED) is 0.449. The minimum absolute atomic E-state index is 0.261. The Morgan fingerprint density at radius 3 is 2.89 bits per heavy atom. The average Bonchev–Trinajstić information content (AvgIpc) is 2.93. The molecule has 1 aromatic carbocycles. The van der Waals surface area contributed by atoms with Crippen LogP contribution in [0.15, 0.2) is 30.6 Å². The van der Waals surface area contributed by atoms with Gasteiger partial charge in [-0.2, -0.15) is 0 Å². The molecule has 19 heavy (non-hydrogen) atoms. The number of benzene rings is 1. The molecule has 98 valence electrons. The topological polar surface area (TPSA) is 87.0 Å². The molecule has 0 atom stereocenters. The zero-order valence-corrected chi connectivity index (χ0v) is 10.3. The van der Waals surface area contributed by atoms with Gasteiger partial charge in [0, 0.05) is 5.56 Å². The smallest absolute Gasteiger partial charge is 0.313 e. The Kier molecular flexibility index (Phi) is 3.97. The highest BCUT2D eigenvalue weighted by Crippen LogP contribution is 2.11. The van der Waals surface area contributed by atoms with Crippen LogP contribution in [-0.2, 0) is 9.53 Å². The van der Waals surface area contributed by atoms with E-state index in [2.05, 4.69) is 15.5 Å². The van der Waals surface area contributed by atoms with Crippen LogP contribution in [0.3, 0.4) is 0 Å². The lowest BCUT2D eigenvalue weighted by molar-refractivity contribution is -0.141. The molecule has 2 aromatic rings. The summed E-state index contributed by atoms with van der Waals surface area (Å²) in [6.45, 7) is 1.96. The van der Waals surface area contributed by atoms with E-state index >= 15 is 0 Å². The third-order valence-corrected chi connectivity index (χ3v) is 2.39. The maximum absolute atomic E-state index is 11.9. The van der Waals surface area contributed by atoms with Crippen LogP contribution in [0.4, 0.5) is 0 Å². The van der Waals surface area contributed by atoms with E-state index in [0.717, 1.165) is 0 Å². The lowest BCUT2D eigenvalue weighted by Crippen LogP contribution is -2.11. The number of hydrogen-bond donors (Lipinski definition) is 0. The van der Waals surface area contributed by atoms with E-state index in [1.165, 1.54) is 11.0 Å². The normalized spacial score (nSPS) is 10.2. The number of carbonyl (C=O) groups excluding carboxylic acids is 2. The van der Waals surface area contributed by atoms with Crippen molar-refractivity contribution >= 4 is 11.8 Å². The molecule has 7 nitrogen and oxygen atoms in total. The number of aromatic nitrogens is 4. The van der Waals surface area contributed by atoms with E-state index in [1.54, 1.807) is 31.2 Å². The largest absolute Gasteiger partial charge is 0.466 e. The van der Waals surface area contributed by atoms with Crippen molar-refractivity contribution in [2.75, 3.05) is 6.61 Å². The molecule has 0 saturated heterocycles. The number of tetrazole rings is 1. The third kappa shape index (κ3) is 3.21. The van der Waals surface area contributed by atoms with Gasteiger partial charge in [0.1, 0.15) is 12.7 Å². The van der Waals surface area contributed by atoms with E-state index in [9.17, 15) is 9.59 Å². The van der Waals surface area contributed by atoms with Crippen molar-refractivity contribution in [2.45, 2.75) is 13.3 Å². The van der Waals surface area contributed by atoms with Gasteiger partial charge in [-0.25, -0.2) is 4.68 Å². The van der Waals surface area contributed by atoms with Gasteiger partial charge in [0.2, 0.25) is 0 Å². The van der Waals surface area contributed by atoms with Gasteiger partial charge in [0.15, 0.2) is 5.78 Å². The molecule has 7 heteroatoms. The maximum Gasteiger partial charge on any atom is 0.313 e. The number of ether oxygens (including phenoxy) is 1. The second-order valence-electron chi connectivity index (χ2n) is 3.71. The summed E-state index contributed by atoms with van der Waals surface area (Å²) in [5, 5.41) is 10.8. The molecule has 0 unspecified atom stereocenters. The number of Topliss-reactive ketones (excluding diaryl/α,β-unsaturated/α-hetero) is 1. The van der Waals surface area contributed by atoms with Gasteiger partial charge >= 0.3 is 5.97 Å². The van der Waals surface area contributed by atoms with Crippen molar-refractivity contribution in [1.29, 1.82) is 0 Å². The Labute approximate surface area is 109 Å². The highest BCUT2D eigenvalue weighted by Gasteiger charge is 2.13. The molecule has 0 radical (unpaired) electrons. The van der Waals surface area contributed by atoms with Crippen molar-refractivity contribution in [3.8, 4) is 5.69 Å². The summed E-state index contributed by atoms with van der Waals surface area (Å²) in [5.74, 6) is -0.825. The second kappa shape index (κ2) is 5.85. The predicted octanol–water partition coefficient (Wildman–Crippen LogP) is 0.798. The second-order valence-corrected chi connectivity index (χ2v) is 3.71. The van der Waals surface area contributed by atoms with Crippen LogP contribution in [0.5, 0.6) is 0 Å². The zero-order valence-electron chi connectivity index (χ0n) is 10.3. The molecular weight excluding hydrogens is 248 g/mol. The first kappa shape index (κ1) is 12.9. The molecule has 0 bridgehead atoms. The molecular formula is C12H12N4O3. The van der Waals surface area contributed by atoms with Crippen molar-refractivity contribution in [3.05, 3.63) is 36.2 Å². The van der Waals surface area contributed by atoms with Gasteiger partial charge in [-0.1, -0.05) is 12.1 Å². The molecule has 0 amide bonds. The van der Waals surface area contributed by atoms with Crippen molar-refractivity contribution < 1.29 is 14.3 Å². The minimum atomic E-state index is -0.527. The summed E-state index contributed by atoms with van der Waals surface area (Å²) in [7, 11) is 0. The lowest BCUT2D eigenvalue weighted by Gasteiger charge is -2.04. The fraction of sp³-hybridized carbons (Fsp3) is 0.250. The molecule has 1 heterocycles. The van der Waals surface area contributed by atoms with Crippen LogP contribution in [0.2, 0.25) is 0 Å². The lowest BCUT2D eigenvalue weighted by atomic mass is 10.1. The first-order chi connectivity index (χ1) is 9.20. The molecule has 0 saturated carbocycles. The molecule has 0 aliphatic rings. The monoisotopic (exact) mass is 260 g/mol. The summed E-state index contributed by atoms with van der Waals surface area (Å²) >= 11 is 0. The van der Waals surface area contributed by atoms with Gasteiger partial charge in [0.25, 0.3) is 0 Å². The molecule has 0 aliphatic carbocycles. The Bertz CT molecular complexity index is 580. The van der Waals surface area contributed by atoms with Crippen molar-refractivity contribution in [3.63, 3.8) is 0 Å². The molecule has 0 spiro atoms. The SMILES string of the molecule is CCOC(=O)CC(=O)c1cccc(-n2cnnn2)c1. The third-order valence-electron chi connectivity index (χ3n) is 2.39. The first-order valence-electron chi connectivity index (χ1n) is 5.73. The highest BCUT2D eigenvalue weighted by atomic mass is 16.5. The van der Waals surface area contributed by atoms with Gasteiger partial charge < -0.3 is 4.74 Å². The highest BCUT2D eigenvalue weighted by molar-refractivity contribution is 6.06. The van der Waals surface area contributed by atoms with Crippen LogP contribution < -0.4 is 0 Å². The Balaban J connectivity index is 2.15. The Hall–Kier alpha value is -2.57. The fourth-order valence-electron chi connectivity index (χ4n) is 1.55. The number of hydrogen-bond acceptors (Lipinski definition) is 6. The summed E-state index contributed by atoms with van der Waals surface area (Å²) in [6.07, 6.45) is 1.15. The summed E-state index contributed by atoms with van der Waals surface area (Å²) in [6, 6.07) is 6.72. The van der Waals surface area contributed by atoms with Crippen LogP contribution in [0, 0.1) is 0 Å². The molecule has 0 fully saturated rings.